The lowest BCUT2D eigenvalue weighted by Gasteiger charge is -2.06. The molecule has 0 N–H and O–H groups in total. The number of fused-ring (bicyclic) bond motifs is 7. The number of unbranched alkanes of at least 4 members (excludes halogenated alkanes) is 18. The highest BCUT2D eigenvalue weighted by Gasteiger charge is 2.14. The molecule has 0 unspecified atom stereocenters. The third kappa shape index (κ3) is 9.42. The lowest BCUT2D eigenvalue weighted by atomic mass is 10.00. The Morgan fingerprint density at radius 2 is 0.708 bits per heavy atom. The Morgan fingerprint density at radius 1 is 0.354 bits per heavy atom. The maximum Gasteiger partial charge on any atom is 0.0542 e. The van der Waals surface area contributed by atoms with Crippen LogP contribution in [0.25, 0.3) is 51.1 Å². The summed E-state index contributed by atoms with van der Waals surface area (Å²) in [5.74, 6) is 0. The van der Waals surface area contributed by atoms with Crippen LogP contribution < -0.4 is 0 Å². The normalized spacial score (nSPS) is 12.1. The van der Waals surface area contributed by atoms with Gasteiger partial charge in [-0.15, -0.1) is 22.7 Å². The molecule has 0 amide bonds. The van der Waals surface area contributed by atoms with Crippen molar-refractivity contribution in [2.24, 2.45) is 0 Å². The van der Waals surface area contributed by atoms with Gasteiger partial charge in [-0.1, -0.05) is 166 Å². The third-order valence-electron chi connectivity index (χ3n) is 10.8. The van der Waals surface area contributed by atoms with Gasteiger partial charge in [0.2, 0.25) is 0 Å². The predicted octanol–water partition coefficient (Wildman–Crippen LogP) is 16.5. The molecule has 48 heavy (non-hydrogen) atoms. The maximum atomic E-state index is 2.47. The van der Waals surface area contributed by atoms with E-state index in [-0.39, 0.29) is 0 Å². The summed E-state index contributed by atoms with van der Waals surface area (Å²) < 4.78 is 5.83. The third-order valence-corrected chi connectivity index (χ3v) is 13.3. The number of hydrogen-bond donors (Lipinski definition) is 0. The summed E-state index contributed by atoms with van der Waals surface area (Å²) >= 11 is 4.00. The molecule has 0 saturated heterocycles. The summed E-state index contributed by atoms with van der Waals surface area (Å²) in [4.78, 5) is 0. The highest BCUT2D eigenvalue weighted by atomic mass is 32.1. The Bertz CT molecular complexity index is 1730. The van der Waals surface area contributed by atoms with Crippen molar-refractivity contribution in [3.05, 3.63) is 71.8 Å². The molecule has 0 fully saturated rings. The molecule has 2 aromatic heterocycles. The van der Waals surface area contributed by atoms with Crippen molar-refractivity contribution in [3.8, 4) is 0 Å². The second-order valence-corrected chi connectivity index (χ2v) is 16.9. The monoisotopic (exact) mass is 676 g/mol. The van der Waals surface area contributed by atoms with E-state index in [1.165, 1.54) is 204 Å². The average Bonchev–Trinajstić information content (AvgIpc) is 3.62. The van der Waals surface area contributed by atoms with Crippen LogP contribution in [0.2, 0.25) is 0 Å². The fraction of sp³-hybridized carbons (Fsp3) is 0.522. The molecule has 0 atom stereocenters. The van der Waals surface area contributed by atoms with Gasteiger partial charge >= 0.3 is 0 Å². The van der Waals surface area contributed by atoms with Gasteiger partial charge in [0, 0.05) is 20.2 Å². The van der Waals surface area contributed by atoms with Crippen molar-refractivity contribution < 1.29 is 0 Å². The quantitative estimate of drug-likeness (QED) is 0.0628. The van der Waals surface area contributed by atoms with Crippen LogP contribution >= 0.6 is 22.7 Å². The molecule has 256 valence electrons. The van der Waals surface area contributed by atoms with Crippen LogP contribution in [-0.2, 0) is 12.8 Å². The molecule has 0 aliphatic carbocycles. The summed E-state index contributed by atoms with van der Waals surface area (Å²) in [6.07, 6.45) is 30.4. The molecule has 0 spiro atoms. The first-order valence-corrected chi connectivity index (χ1v) is 21.6. The van der Waals surface area contributed by atoms with Crippen LogP contribution in [0.1, 0.15) is 153 Å². The summed E-state index contributed by atoms with van der Waals surface area (Å²) in [7, 11) is 0. The van der Waals surface area contributed by atoms with Crippen molar-refractivity contribution in [3.63, 3.8) is 0 Å². The second kappa shape index (κ2) is 18.5. The molecule has 0 aliphatic rings. The Labute approximate surface area is 299 Å². The predicted molar refractivity (Wildman–Crippen MR) is 221 cm³/mol. The highest BCUT2D eigenvalue weighted by molar-refractivity contribution is 7.36. The summed E-state index contributed by atoms with van der Waals surface area (Å²) in [5.41, 5.74) is 3.01. The van der Waals surface area contributed by atoms with E-state index in [0.29, 0.717) is 0 Å². The van der Waals surface area contributed by atoms with Crippen molar-refractivity contribution in [2.45, 2.75) is 155 Å². The molecule has 0 nitrogen and oxygen atoms in total. The first-order valence-electron chi connectivity index (χ1n) is 20.0. The minimum absolute atomic E-state index is 1.21. The largest absolute Gasteiger partial charge is 0.134 e. The molecule has 6 aromatic rings. The van der Waals surface area contributed by atoms with Crippen LogP contribution in [0, 0.1) is 0 Å². The average molecular weight is 677 g/mol. The van der Waals surface area contributed by atoms with Crippen LogP contribution in [0.5, 0.6) is 0 Å². The molecule has 4 aromatic carbocycles. The molecule has 6 rings (SSSR count). The Balaban J connectivity index is 1.04. The van der Waals surface area contributed by atoms with Crippen molar-refractivity contribution in [1.29, 1.82) is 0 Å². The standard InChI is InChI=1S/C46H60S2/c1-3-5-7-9-11-13-15-17-19-21-23-35-25-27-37-31-41-43(33-39(37)29-35)47-46-42-32-38-28-26-36(30-40(38)34-44(42)48-45(41)46)24-22-20-18-16-14-12-10-8-6-4-2/h25-34H,3-24H2,1-2H3. The Kier molecular flexibility index (Phi) is 13.7. The molecular formula is C46H60S2. The smallest absolute Gasteiger partial charge is 0.0542 e. The lowest BCUT2D eigenvalue weighted by molar-refractivity contribution is 0.556. The van der Waals surface area contributed by atoms with Gasteiger partial charge in [-0.3, -0.25) is 0 Å². The first-order chi connectivity index (χ1) is 23.7. The van der Waals surface area contributed by atoms with Gasteiger partial charge in [0.1, 0.15) is 0 Å². The minimum Gasteiger partial charge on any atom is -0.134 e. The van der Waals surface area contributed by atoms with Gasteiger partial charge < -0.3 is 0 Å². The highest BCUT2D eigenvalue weighted by Crippen LogP contribution is 2.46. The van der Waals surface area contributed by atoms with Gasteiger partial charge in [0.25, 0.3) is 0 Å². The second-order valence-electron chi connectivity index (χ2n) is 14.8. The fourth-order valence-corrected chi connectivity index (χ4v) is 10.5. The minimum atomic E-state index is 1.21. The van der Waals surface area contributed by atoms with E-state index in [2.05, 4.69) is 74.5 Å². The van der Waals surface area contributed by atoms with E-state index in [1.807, 2.05) is 22.7 Å². The molecule has 2 heteroatoms. The Morgan fingerprint density at radius 3 is 1.08 bits per heavy atom. The maximum absolute atomic E-state index is 2.47. The summed E-state index contributed by atoms with van der Waals surface area (Å²) in [5, 5.41) is 8.46. The molecule has 0 bridgehead atoms. The number of thiophene rings is 2. The van der Waals surface area contributed by atoms with E-state index in [0.717, 1.165) is 0 Å². The fourth-order valence-electron chi connectivity index (χ4n) is 7.79. The van der Waals surface area contributed by atoms with Gasteiger partial charge in [0.05, 0.1) is 9.40 Å². The SMILES string of the molecule is CCCCCCCCCCCCc1ccc2cc3c(cc2c1)sc1c2cc4ccc(CCCCCCCCCCCC)cc4cc2sc31. The molecule has 0 aliphatic heterocycles. The van der Waals surface area contributed by atoms with Crippen LogP contribution in [0.3, 0.4) is 0 Å². The van der Waals surface area contributed by atoms with Crippen molar-refractivity contribution in [2.75, 3.05) is 0 Å². The first kappa shape index (κ1) is 35.4. The van der Waals surface area contributed by atoms with E-state index < -0.39 is 0 Å². The van der Waals surface area contributed by atoms with Crippen molar-refractivity contribution >= 4 is 73.8 Å². The summed E-state index contributed by atoms with van der Waals surface area (Å²) in [6, 6.07) is 24.3. The Hall–Kier alpha value is -2.42. The zero-order valence-electron chi connectivity index (χ0n) is 30.1. The van der Waals surface area contributed by atoms with Crippen LogP contribution in [0.15, 0.2) is 60.7 Å². The molecule has 0 radical (unpaired) electrons. The number of aryl methyl sites for hydroxylation is 2. The van der Waals surface area contributed by atoms with Gasteiger partial charge in [-0.2, -0.15) is 0 Å². The zero-order chi connectivity index (χ0) is 33.0. The van der Waals surface area contributed by atoms with E-state index >= 15 is 0 Å². The number of benzene rings is 4. The van der Waals surface area contributed by atoms with E-state index in [4.69, 9.17) is 0 Å². The summed E-state index contributed by atoms with van der Waals surface area (Å²) in [6.45, 7) is 4.60. The number of rotatable bonds is 22. The zero-order valence-corrected chi connectivity index (χ0v) is 31.8. The van der Waals surface area contributed by atoms with E-state index in [9.17, 15) is 0 Å². The number of hydrogen-bond acceptors (Lipinski definition) is 2. The lowest BCUT2D eigenvalue weighted by Crippen LogP contribution is -1.87. The molecule has 2 heterocycles. The van der Waals surface area contributed by atoms with Crippen LogP contribution in [0.4, 0.5) is 0 Å². The van der Waals surface area contributed by atoms with Gasteiger partial charge in [-0.25, -0.2) is 0 Å². The molecular weight excluding hydrogens is 617 g/mol. The van der Waals surface area contributed by atoms with Gasteiger partial charge in [0.15, 0.2) is 0 Å². The topological polar surface area (TPSA) is 0 Å². The van der Waals surface area contributed by atoms with Gasteiger partial charge in [-0.05, 0) is 82.6 Å². The van der Waals surface area contributed by atoms with Crippen LogP contribution in [-0.4, -0.2) is 0 Å². The van der Waals surface area contributed by atoms with E-state index in [1.54, 1.807) is 0 Å². The molecule has 0 saturated carbocycles. The van der Waals surface area contributed by atoms with Crippen molar-refractivity contribution in [1.82, 2.24) is 0 Å².